The van der Waals surface area contributed by atoms with Crippen molar-refractivity contribution in [2.24, 2.45) is 0 Å². The zero-order chi connectivity index (χ0) is 11.1. The molecule has 2 aromatic rings. The van der Waals surface area contributed by atoms with Gasteiger partial charge in [0, 0.05) is 18.6 Å². The van der Waals surface area contributed by atoms with Gasteiger partial charge in [-0.15, -0.1) is 0 Å². The van der Waals surface area contributed by atoms with E-state index in [1.54, 1.807) is 12.4 Å². The summed E-state index contributed by atoms with van der Waals surface area (Å²) >= 11 is 5.60. The summed E-state index contributed by atoms with van der Waals surface area (Å²) in [5.41, 5.74) is 2.23. The molecule has 0 radical (unpaired) electrons. The molecule has 0 spiro atoms. The number of aryl methyl sites for hydroxylation is 2. The van der Waals surface area contributed by atoms with Gasteiger partial charge in [0.1, 0.15) is 5.15 Å². The molecule has 0 saturated carbocycles. The van der Waals surface area contributed by atoms with E-state index in [0.29, 0.717) is 5.15 Å². The molecule has 0 aliphatic rings. The van der Waals surface area contributed by atoms with Gasteiger partial charge in [-0.1, -0.05) is 23.7 Å². The summed E-state index contributed by atoms with van der Waals surface area (Å²) in [5, 5.41) is 0.590. The van der Waals surface area contributed by atoms with Crippen molar-refractivity contribution in [3.8, 4) is 0 Å². The summed E-state index contributed by atoms with van der Waals surface area (Å²) in [4.78, 5) is 7.73. The maximum Gasteiger partial charge on any atom is 0.131 e. The van der Waals surface area contributed by atoms with Crippen LogP contribution in [0.15, 0.2) is 42.9 Å². The molecule has 2 heterocycles. The molecule has 0 bridgehead atoms. The maximum atomic E-state index is 5.60. The summed E-state index contributed by atoms with van der Waals surface area (Å²) in [6.07, 6.45) is 5.28. The Morgan fingerprint density at radius 3 is 2.13 bits per heavy atom. The van der Waals surface area contributed by atoms with Crippen LogP contribution in [0.5, 0.6) is 0 Å². The Morgan fingerprint density at radius 1 is 1.07 bits per heavy atom. The molecular formula is C12H13ClN2. The fourth-order valence-corrected chi connectivity index (χ4v) is 1.03. The van der Waals surface area contributed by atoms with Crippen LogP contribution in [0.4, 0.5) is 0 Å². The second kappa shape index (κ2) is 6.14. The van der Waals surface area contributed by atoms with Crippen LogP contribution in [-0.4, -0.2) is 9.97 Å². The molecular weight excluding hydrogens is 208 g/mol. The maximum absolute atomic E-state index is 5.60. The average molecular weight is 221 g/mol. The molecule has 2 rings (SSSR count). The Bertz CT molecular complexity index is 380. The van der Waals surface area contributed by atoms with Gasteiger partial charge >= 0.3 is 0 Å². The van der Waals surface area contributed by atoms with Gasteiger partial charge in [-0.2, -0.15) is 0 Å². The van der Waals surface area contributed by atoms with Crippen molar-refractivity contribution >= 4 is 11.6 Å². The molecule has 2 aromatic heterocycles. The highest BCUT2D eigenvalue weighted by molar-refractivity contribution is 6.30. The lowest BCUT2D eigenvalue weighted by Gasteiger charge is -1.89. The lowest BCUT2D eigenvalue weighted by molar-refractivity contribution is 1.27. The molecule has 0 fully saturated rings. The molecule has 0 N–H and O–H groups in total. The molecule has 15 heavy (non-hydrogen) atoms. The fraction of sp³-hybridized carbons (Fsp3) is 0.167. The molecule has 0 amide bonds. The molecule has 78 valence electrons. The minimum absolute atomic E-state index is 0.590. The largest absolute Gasteiger partial charge is 0.264 e. The van der Waals surface area contributed by atoms with Crippen molar-refractivity contribution in [3.05, 3.63) is 59.1 Å². The molecule has 2 nitrogen and oxygen atoms in total. The standard InChI is InChI=1S/C6H6ClN.C6H7N/c1-5-3-2-4-8-6(5)7;1-6-3-2-4-7-5-6/h2-4H,1H3;2-5H,1H3. The van der Waals surface area contributed by atoms with E-state index >= 15 is 0 Å². The van der Waals surface area contributed by atoms with Crippen LogP contribution in [0.1, 0.15) is 11.1 Å². The van der Waals surface area contributed by atoms with Crippen molar-refractivity contribution in [3.63, 3.8) is 0 Å². The Balaban J connectivity index is 0.000000151. The molecule has 3 heteroatoms. The normalized spacial score (nSPS) is 9.00. The SMILES string of the molecule is Cc1cccnc1.Cc1cccnc1Cl. The number of aromatic nitrogens is 2. The predicted octanol–water partition coefficient (Wildman–Crippen LogP) is 3.43. The zero-order valence-corrected chi connectivity index (χ0v) is 9.57. The molecule has 0 saturated heterocycles. The second-order valence-electron chi connectivity index (χ2n) is 3.14. The highest BCUT2D eigenvalue weighted by atomic mass is 35.5. The van der Waals surface area contributed by atoms with Crippen LogP contribution in [0.2, 0.25) is 5.15 Å². The third-order valence-corrected chi connectivity index (χ3v) is 2.15. The number of halogens is 1. The van der Waals surface area contributed by atoms with Gasteiger partial charge < -0.3 is 0 Å². The molecule has 0 unspecified atom stereocenters. The third kappa shape index (κ3) is 4.56. The first-order valence-corrected chi connectivity index (χ1v) is 5.01. The summed E-state index contributed by atoms with van der Waals surface area (Å²) in [5.74, 6) is 0. The van der Waals surface area contributed by atoms with E-state index < -0.39 is 0 Å². The van der Waals surface area contributed by atoms with E-state index in [1.807, 2.05) is 44.3 Å². The minimum Gasteiger partial charge on any atom is -0.264 e. The Labute approximate surface area is 95.0 Å². The molecule has 0 aliphatic carbocycles. The van der Waals surface area contributed by atoms with Crippen molar-refractivity contribution in [2.75, 3.05) is 0 Å². The van der Waals surface area contributed by atoms with E-state index in [1.165, 1.54) is 5.56 Å². The number of hydrogen-bond donors (Lipinski definition) is 0. The summed E-state index contributed by atoms with van der Waals surface area (Å²) in [6.45, 7) is 3.95. The second-order valence-corrected chi connectivity index (χ2v) is 3.50. The lowest BCUT2D eigenvalue weighted by atomic mass is 10.3. The van der Waals surface area contributed by atoms with Gasteiger partial charge in [-0.05, 0) is 37.1 Å². The van der Waals surface area contributed by atoms with Gasteiger partial charge in [0.2, 0.25) is 0 Å². The van der Waals surface area contributed by atoms with Gasteiger partial charge in [0.05, 0.1) is 0 Å². The first-order chi connectivity index (χ1) is 7.20. The first kappa shape index (κ1) is 11.7. The van der Waals surface area contributed by atoms with Crippen LogP contribution in [0, 0.1) is 13.8 Å². The van der Waals surface area contributed by atoms with Gasteiger partial charge in [-0.3, -0.25) is 4.98 Å². The number of nitrogens with zero attached hydrogens (tertiary/aromatic N) is 2. The monoisotopic (exact) mass is 220 g/mol. The van der Waals surface area contributed by atoms with E-state index in [4.69, 9.17) is 11.6 Å². The van der Waals surface area contributed by atoms with Gasteiger partial charge in [-0.25, -0.2) is 4.98 Å². The minimum atomic E-state index is 0.590. The Kier molecular flexibility index (Phi) is 4.78. The van der Waals surface area contributed by atoms with Crippen molar-refractivity contribution in [2.45, 2.75) is 13.8 Å². The van der Waals surface area contributed by atoms with Crippen LogP contribution >= 0.6 is 11.6 Å². The van der Waals surface area contributed by atoms with Crippen LogP contribution in [0.25, 0.3) is 0 Å². The van der Waals surface area contributed by atoms with Crippen LogP contribution in [0.3, 0.4) is 0 Å². The fourth-order valence-electron chi connectivity index (χ4n) is 0.915. The van der Waals surface area contributed by atoms with E-state index in [9.17, 15) is 0 Å². The zero-order valence-electron chi connectivity index (χ0n) is 8.81. The third-order valence-electron chi connectivity index (χ3n) is 1.75. The summed E-state index contributed by atoms with van der Waals surface area (Å²) in [6, 6.07) is 7.74. The Hall–Kier alpha value is -1.41. The Morgan fingerprint density at radius 2 is 1.80 bits per heavy atom. The first-order valence-electron chi connectivity index (χ1n) is 4.64. The van der Waals surface area contributed by atoms with Gasteiger partial charge in [0.15, 0.2) is 0 Å². The summed E-state index contributed by atoms with van der Waals surface area (Å²) < 4.78 is 0. The highest BCUT2D eigenvalue weighted by Crippen LogP contribution is 2.07. The molecule has 0 atom stereocenters. The number of hydrogen-bond acceptors (Lipinski definition) is 2. The quantitative estimate of drug-likeness (QED) is 0.636. The molecule has 0 aliphatic heterocycles. The number of rotatable bonds is 0. The predicted molar refractivity (Wildman–Crippen MR) is 63.0 cm³/mol. The lowest BCUT2D eigenvalue weighted by Crippen LogP contribution is -1.75. The van der Waals surface area contributed by atoms with Crippen LogP contribution < -0.4 is 0 Å². The van der Waals surface area contributed by atoms with Crippen LogP contribution in [-0.2, 0) is 0 Å². The topological polar surface area (TPSA) is 25.8 Å². The highest BCUT2D eigenvalue weighted by Gasteiger charge is 1.88. The van der Waals surface area contributed by atoms with E-state index in [2.05, 4.69) is 9.97 Å². The van der Waals surface area contributed by atoms with Crippen molar-refractivity contribution < 1.29 is 0 Å². The van der Waals surface area contributed by atoms with E-state index in [0.717, 1.165) is 5.56 Å². The average Bonchev–Trinajstić information content (AvgIpc) is 2.25. The van der Waals surface area contributed by atoms with Gasteiger partial charge in [0.25, 0.3) is 0 Å². The van der Waals surface area contributed by atoms with E-state index in [-0.39, 0.29) is 0 Å². The summed E-state index contributed by atoms with van der Waals surface area (Å²) in [7, 11) is 0. The molecule has 0 aromatic carbocycles. The smallest absolute Gasteiger partial charge is 0.131 e. The number of pyridine rings is 2. The van der Waals surface area contributed by atoms with Crippen molar-refractivity contribution in [1.29, 1.82) is 0 Å². The van der Waals surface area contributed by atoms with Crippen molar-refractivity contribution in [1.82, 2.24) is 9.97 Å².